The van der Waals surface area contributed by atoms with E-state index in [1.807, 2.05) is 48.5 Å². The Kier molecular flexibility index (Phi) is 4.01. The van der Waals surface area contributed by atoms with Crippen LogP contribution in [0.1, 0.15) is 11.5 Å². The lowest BCUT2D eigenvalue weighted by molar-refractivity contribution is -0.121. The average Bonchev–Trinajstić information content (AvgIpc) is 3.08. The van der Waals surface area contributed by atoms with Crippen molar-refractivity contribution >= 4 is 34.7 Å². The monoisotopic (exact) mass is 347 g/mol. The largest absolute Gasteiger partial charge is 0.437 e. The highest BCUT2D eigenvalue weighted by Gasteiger charge is 2.30. The zero-order chi connectivity index (χ0) is 18.1. The average molecular weight is 347 g/mol. The Morgan fingerprint density at radius 1 is 1.15 bits per heavy atom. The smallest absolute Gasteiger partial charge is 0.251 e. The lowest BCUT2D eigenvalue weighted by atomic mass is 9.92. The summed E-state index contributed by atoms with van der Waals surface area (Å²) in [4.78, 5) is 30.3. The van der Waals surface area contributed by atoms with Gasteiger partial charge in [-0.2, -0.15) is 0 Å². The van der Waals surface area contributed by atoms with Crippen molar-refractivity contribution in [2.24, 2.45) is 11.7 Å². The second kappa shape index (κ2) is 6.48. The minimum atomic E-state index is -0.403. The Labute approximate surface area is 149 Å². The highest BCUT2D eigenvalue weighted by atomic mass is 16.3. The number of carbonyl (C=O) groups excluding carboxylic acids is 2. The molecular formula is C20H17N3O3. The summed E-state index contributed by atoms with van der Waals surface area (Å²) < 4.78 is 5.59. The number of anilines is 1. The summed E-state index contributed by atoms with van der Waals surface area (Å²) in [7, 11) is 0. The summed E-state index contributed by atoms with van der Waals surface area (Å²) in [5.41, 5.74) is 8.61. The first-order valence-corrected chi connectivity index (χ1v) is 8.34. The van der Waals surface area contributed by atoms with Crippen LogP contribution in [0.25, 0.3) is 17.2 Å². The number of oxazole rings is 1. The van der Waals surface area contributed by atoms with Crippen molar-refractivity contribution in [3.63, 3.8) is 0 Å². The fraction of sp³-hybridized carbons (Fsp3) is 0.150. The number of hydrogen-bond donors (Lipinski definition) is 1. The summed E-state index contributed by atoms with van der Waals surface area (Å²) in [5, 5.41) is 0. The number of rotatable bonds is 3. The molecule has 130 valence electrons. The van der Waals surface area contributed by atoms with Crippen LogP contribution in [-0.2, 0) is 16.0 Å². The molecule has 0 spiro atoms. The third-order valence-electron chi connectivity index (χ3n) is 4.50. The van der Waals surface area contributed by atoms with Crippen LogP contribution in [0.4, 0.5) is 5.69 Å². The van der Waals surface area contributed by atoms with Gasteiger partial charge in [0.15, 0.2) is 5.58 Å². The second-order valence-electron chi connectivity index (χ2n) is 6.23. The van der Waals surface area contributed by atoms with E-state index in [4.69, 9.17) is 10.2 Å². The first-order chi connectivity index (χ1) is 12.6. The van der Waals surface area contributed by atoms with Crippen molar-refractivity contribution in [1.29, 1.82) is 0 Å². The molecule has 2 N–H and O–H groups in total. The molecule has 2 amide bonds. The van der Waals surface area contributed by atoms with Crippen LogP contribution in [0.3, 0.4) is 0 Å². The zero-order valence-electron chi connectivity index (χ0n) is 14.0. The highest BCUT2D eigenvalue weighted by Crippen LogP contribution is 2.30. The number of nitrogens with two attached hydrogens (primary N) is 1. The van der Waals surface area contributed by atoms with Crippen molar-refractivity contribution in [2.45, 2.75) is 6.42 Å². The third kappa shape index (κ3) is 2.97. The molecule has 0 aliphatic carbocycles. The van der Waals surface area contributed by atoms with E-state index < -0.39 is 11.8 Å². The number of benzene rings is 2. The molecule has 0 radical (unpaired) electrons. The van der Waals surface area contributed by atoms with Gasteiger partial charge in [-0.15, -0.1) is 0 Å². The van der Waals surface area contributed by atoms with Crippen LogP contribution in [0.5, 0.6) is 0 Å². The van der Waals surface area contributed by atoms with E-state index in [9.17, 15) is 9.59 Å². The molecule has 1 aliphatic rings. The molecule has 1 aromatic heterocycles. The minimum absolute atomic E-state index is 0.245. The van der Waals surface area contributed by atoms with Gasteiger partial charge < -0.3 is 15.1 Å². The van der Waals surface area contributed by atoms with E-state index in [1.54, 1.807) is 11.0 Å². The van der Waals surface area contributed by atoms with E-state index in [1.165, 1.54) is 6.08 Å². The topological polar surface area (TPSA) is 89.4 Å². The number of para-hydroxylation sites is 3. The Morgan fingerprint density at radius 2 is 1.92 bits per heavy atom. The molecule has 0 fully saturated rings. The number of nitrogens with zero attached hydrogens (tertiary/aromatic N) is 2. The molecule has 0 saturated carbocycles. The molecule has 4 rings (SSSR count). The Balaban J connectivity index is 1.61. The fourth-order valence-electron chi connectivity index (χ4n) is 3.19. The quantitative estimate of drug-likeness (QED) is 0.737. The normalized spacial score (nSPS) is 16.8. The van der Waals surface area contributed by atoms with E-state index in [0.717, 1.165) is 16.8 Å². The lowest BCUT2D eigenvalue weighted by Gasteiger charge is -2.32. The number of amides is 2. The maximum absolute atomic E-state index is 12.7. The van der Waals surface area contributed by atoms with Gasteiger partial charge in [0.25, 0.3) is 5.91 Å². The zero-order valence-corrected chi connectivity index (χ0v) is 14.0. The van der Waals surface area contributed by atoms with Gasteiger partial charge in [0.05, 0.1) is 5.92 Å². The Hall–Kier alpha value is -3.41. The van der Waals surface area contributed by atoms with Gasteiger partial charge in [-0.05, 0) is 30.2 Å². The summed E-state index contributed by atoms with van der Waals surface area (Å²) in [6.07, 6.45) is 3.49. The van der Waals surface area contributed by atoms with Crippen molar-refractivity contribution in [3.8, 4) is 0 Å². The van der Waals surface area contributed by atoms with Gasteiger partial charge in [-0.1, -0.05) is 30.3 Å². The van der Waals surface area contributed by atoms with Gasteiger partial charge in [0, 0.05) is 24.4 Å². The molecule has 0 saturated heterocycles. The number of fused-ring (bicyclic) bond motifs is 2. The molecule has 6 heteroatoms. The first kappa shape index (κ1) is 16.1. The lowest BCUT2D eigenvalue weighted by Crippen LogP contribution is -2.43. The molecule has 2 heterocycles. The molecule has 1 unspecified atom stereocenters. The number of hydrogen-bond acceptors (Lipinski definition) is 4. The van der Waals surface area contributed by atoms with E-state index >= 15 is 0 Å². The number of aromatic nitrogens is 1. The van der Waals surface area contributed by atoms with Crippen LogP contribution in [0, 0.1) is 5.92 Å². The molecule has 2 aromatic carbocycles. The maximum atomic E-state index is 12.7. The van der Waals surface area contributed by atoms with Gasteiger partial charge in [0.2, 0.25) is 11.8 Å². The fourth-order valence-corrected chi connectivity index (χ4v) is 3.19. The molecule has 26 heavy (non-hydrogen) atoms. The predicted molar refractivity (Wildman–Crippen MR) is 98.2 cm³/mol. The van der Waals surface area contributed by atoms with Crippen molar-refractivity contribution in [2.75, 3.05) is 11.4 Å². The van der Waals surface area contributed by atoms with Gasteiger partial charge in [0.1, 0.15) is 5.52 Å². The summed E-state index contributed by atoms with van der Waals surface area (Å²) in [5.74, 6) is -0.686. The summed E-state index contributed by atoms with van der Waals surface area (Å²) in [6.45, 7) is 0.267. The SMILES string of the molecule is NC(=O)C1Cc2ccccc2N(C(=O)/C=C/c2nc3ccccc3o2)C1. The summed E-state index contributed by atoms with van der Waals surface area (Å²) >= 11 is 0. The van der Waals surface area contributed by atoms with Crippen LogP contribution in [0.2, 0.25) is 0 Å². The van der Waals surface area contributed by atoms with Gasteiger partial charge >= 0.3 is 0 Å². The molecule has 3 aromatic rings. The predicted octanol–water partition coefficient (Wildman–Crippen LogP) is 2.53. The third-order valence-corrected chi connectivity index (χ3v) is 4.50. The highest BCUT2D eigenvalue weighted by molar-refractivity contribution is 6.05. The maximum Gasteiger partial charge on any atom is 0.251 e. The molecular weight excluding hydrogens is 330 g/mol. The Bertz CT molecular complexity index is 989. The van der Waals surface area contributed by atoms with Crippen molar-refractivity contribution in [3.05, 3.63) is 66.1 Å². The second-order valence-corrected chi connectivity index (χ2v) is 6.23. The summed E-state index contributed by atoms with van der Waals surface area (Å²) in [6, 6.07) is 14.9. The van der Waals surface area contributed by atoms with Crippen molar-refractivity contribution < 1.29 is 14.0 Å². The first-order valence-electron chi connectivity index (χ1n) is 8.34. The minimum Gasteiger partial charge on any atom is -0.437 e. The number of primary amides is 1. The van der Waals surface area contributed by atoms with Crippen molar-refractivity contribution in [1.82, 2.24) is 4.98 Å². The van der Waals surface area contributed by atoms with Crippen LogP contribution >= 0.6 is 0 Å². The van der Waals surface area contributed by atoms with Crippen LogP contribution < -0.4 is 10.6 Å². The standard InChI is InChI=1S/C20H17N3O3/c21-20(25)14-11-13-5-1-3-7-16(13)23(12-14)19(24)10-9-18-22-15-6-2-4-8-17(15)26-18/h1-10,14H,11-12H2,(H2,21,25)/b10-9+. The Morgan fingerprint density at radius 3 is 2.73 bits per heavy atom. The van der Waals surface area contributed by atoms with Gasteiger partial charge in [-0.3, -0.25) is 9.59 Å². The number of carbonyl (C=O) groups is 2. The van der Waals surface area contributed by atoms with E-state index in [2.05, 4.69) is 4.98 Å². The molecule has 6 nitrogen and oxygen atoms in total. The van der Waals surface area contributed by atoms with E-state index in [0.29, 0.717) is 17.9 Å². The van der Waals surface area contributed by atoms with Crippen LogP contribution in [-0.4, -0.2) is 23.3 Å². The van der Waals surface area contributed by atoms with Gasteiger partial charge in [-0.25, -0.2) is 4.98 Å². The molecule has 1 atom stereocenters. The molecule has 0 bridgehead atoms. The molecule has 1 aliphatic heterocycles. The van der Waals surface area contributed by atoms with Crippen LogP contribution in [0.15, 0.2) is 59.0 Å². The van der Waals surface area contributed by atoms with E-state index in [-0.39, 0.29) is 12.5 Å².